The van der Waals surface area contributed by atoms with E-state index in [9.17, 15) is 13.9 Å². The predicted octanol–water partition coefficient (Wildman–Crippen LogP) is 10.9. The SMILES string of the molecule is CC(C)(C)OP(=O)(OC(C)(C)C)O[P@]1(=O)OCC(CCn2cc(C(=O)COc3cc4ccc(Cl)cc4cc3I)c3ccc(C4CC4)cc32)O1. The highest BCUT2D eigenvalue weighted by Gasteiger charge is 2.49. The number of Topliss-reactive ketones (excluding diaryl/α,β-unsaturated/α-hetero) is 1. The van der Waals surface area contributed by atoms with E-state index in [2.05, 4.69) is 34.7 Å². The minimum atomic E-state index is -4.35. The number of aryl methyl sites for hydroxylation is 1. The maximum atomic E-state index is 13.7. The van der Waals surface area contributed by atoms with E-state index in [-0.39, 0.29) is 19.0 Å². The van der Waals surface area contributed by atoms with E-state index >= 15 is 0 Å². The van der Waals surface area contributed by atoms with Crippen molar-refractivity contribution in [2.75, 3.05) is 13.2 Å². The second-order valence-corrected chi connectivity index (χ2v) is 19.3. The molecule has 0 radical (unpaired) electrons. The summed E-state index contributed by atoms with van der Waals surface area (Å²) >= 11 is 8.36. The van der Waals surface area contributed by atoms with Crippen molar-refractivity contribution in [1.29, 1.82) is 0 Å². The van der Waals surface area contributed by atoms with E-state index in [1.807, 2.05) is 47.2 Å². The number of hydrogen-bond donors (Lipinski definition) is 0. The van der Waals surface area contributed by atoms with Gasteiger partial charge in [0.15, 0.2) is 6.61 Å². The molecule has 1 saturated heterocycles. The molecule has 3 aromatic carbocycles. The van der Waals surface area contributed by atoms with Gasteiger partial charge < -0.3 is 9.30 Å². The zero-order valence-corrected chi connectivity index (χ0v) is 33.1. The lowest BCUT2D eigenvalue weighted by molar-refractivity contribution is 0.0178. The number of phosphoric acid groups is 2. The van der Waals surface area contributed by atoms with E-state index in [1.165, 1.54) is 5.56 Å². The van der Waals surface area contributed by atoms with Crippen LogP contribution >= 0.6 is 49.8 Å². The van der Waals surface area contributed by atoms with E-state index in [0.717, 1.165) is 38.1 Å². The van der Waals surface area contributed by atoms with Crippen molar-refractivity contribution in [2.45, 2.75) is 90.6 Å². The fraction of sp³-hybridized carbons (Fsp3) is 0.457. The molecule has 0 amide bonds. The van der Waals surface area contributed by atoms with Gasteiger partial charge in [0.2, 0.25) is 5.78 Å². The number of carbonyl (C=O) groups is 1. The molecule has 264 valence electrons. The number of phosphoric ester groups is 2. The third-order valence-corrected chi connectivity index (χ3v) is 13.1. The number of carbonyl (C=O) groups excluding carboxylic acids is 1. The van der Waals surface area contributed by atoms with Crippen LogP contribution in [0.2, 0.25) is 5.02 Å². The smallest absolute Gasteiger partial charge is 0.484 e. The first kappa shape index (κ1) is 37.0. The molecule has 0 spiro atoms. The van der Waals surface area contributed by atoms with Crippen molar-refractivity contribution in [3.05, 3.63) is 74.4 Å². The standard InChI is InChI=1S/C35H41ClINO9P2/c1-34(2,3)45-49(41,46-35(4,5)6)47-48(40)43-20-27(44-48)13-14-38-19-29(28-12-10-23(17-31(28)38)22-7-8-22)32(39)21-42-33-18-24-9-11-26(36)15-25(24)16-30(33)37/h9-12,15-19,22,27H,7-8,13-14,20-21H2,1-6H3/t27?,48-/m1/s1. The van der Waals surface area contributed by atoms with Crippen LogP contribution in [0.3, 0.4) is 0 Å². The van der Waals surface area contributed by atoms with Gasteiger partial charge in [-0.25, -0.2) is 9.13 Å². The number of hydrogen-bond acceptors (Lipinski definition) is 9. The van der Waals surface area contributed by atoms with Crippen LogP contribution in [0, 0.1) is 3.57 Å². The molecule has 2 aliphatic rings. The summed E-state index contributed by atoms with van der Waals surface area (Å²) in [5.41, 5.74) is 0.870. The zero-order valence-electron chi connectivity index (χ0n) is 28.4. The number of aromatic nitrogens is 1. The Kier molecular flexibility index (Phi) is 10.5. The third-order valence-electron chi connectivity index (χ3n) is 7.83. The Morgan fingerprint density at radius 1 is 1.02 bits per heavy atom. The van der Waals surface area contributed by atoms with Gasteiger partial charge in [-0.1, -0.05) is 29.8 Å². The summed E-state index contributed by atoms with van der Waals surface area (Å²) in [5, 5.41) is 3.45. The zero-order chi connectivity index (χ0) is 35.4. The Morgan fingerprint density at radius 3 is 2.41 bits per heavy atom. The number of rotatable bonds is 12. The molecule has 10 nitrogen and oxygen atoms in total. The first-order valence-electron chi connectivity index (χ1n) is 16.2. The Labute approximate surface area is 305 Å². The summed E-state index contributed by atoms with van der Waals surface area (Å²) in [6.45, 7) is 10.4. The fourth-order valence-electron chi connectivity index (χ4n) is 5.66. The van der Waals surface area contributed by atoms with Crippen LogP contribution in [0.15, 0.2) is 54.7 Å². The Balaban J connectivity index is 1.17. The molecule has 0 N–H and O–H groups in total. The highest BCUT2D eigenvalue weighted by atomic mass is 127. The Morgan fingerprint density at radius 2 is 1.73 bits per heavy atom. The van der Waals surface area contributed by atoms with Crippen molar-refractivity contribution in [3.8, 4) is 5.75 Å². The highest BCUT2D eigenvalue weighted by molar-refractivity contribution is 14.1. The van der Waals surface area contributed by atoms with Crippen LogP contribution in [0.5, 0.6) is 5.75 Å². The molecule has 14 heteroatoms. The Hall–Kier alpha value is -1.79. The van der Waals surface area contributed by atoms with Gasteiger partial charge in [0.25, 0.3) is 0 Å². The maximum Gasteiger partial charge on any atom is 0.484 e. The lowest BCUT2D eigenvalue weighted by Crippen LogP contribution is -2.24. The van der Waals surface area contributed by atoms with Crippen molar-refractivity contribution in [3.63, 3.8) is 0 Å². The summed E-state index contributed by atoms with van der Waals surface area (Å²) in [6, 6.07) is 15.8. The number of halogens is 2. The molecule has 6 rings (SSSR count). The van der Waals surface area contributed by atoms with E-state index in [0.29, 0.717) is 35.2 Å². The van der Waals surface area contributed by atoms with Gasteiger partial charge >= 0.3 is 15.6 Å². The fourth-order valence-corrected chi connectivity index (χ4v) is 10.4. The molecule has 1 aliphatic carbocycles. The minimum absolute atomic E-state index is 0.0366. The van der Waals surface area contributed by atoms with E-state index < -0.39 is 33.0 Å². The van der Waals surface area contributed by atoms with Crippen molar-refractivity contribution >= 4 is 77.3 Å². The molecule has 49 heavy (non-hydrogen) atoms. The number of nitrogens with zero attached hydrogens (tertiary/aromatic N) is 1. The first-order chi connectivity index (χ1) is 22.9. The Bertz CT molecular complexity index is 1980. The molecule has 2 heterocycles. The monoisotopic (exact) mass is 843 g/mol. The highest BCUT2D eigenvalue weighted by Crippen LogP contribution is 2.70. The topological polar surface area (TPSA) is 112 Å². The first-order valence-corrected chi connectivity index (χ1v) is 20.6. The van der Waals surface area contributed by atoms with Crippen LogP contribution in [-0.4, -0.2) is 40.9 Å². The van der Waals surface area contributed by atoms with Gasteiger partial charge in [-0.3, -0.25) is 22.9 Å². The summed E-state index contributed by atoms with van der Waals surface area (Å²) in [4.78, 5) is 13.7. The molecule has 4 aromatic rings. The molecule has 1 aromatic heterocycles. The lowest BCUT2D eigenvalue weighted by Gasteiger charge is -2.31. The van der Waals surface area contributed by atoms with Gasteiger partial charge in [0.1, 0.15) is 5.75 Å². The predicted molar refractivity (Wildman–Crippen MR) is 199 cm³/mol. The molecule has 1 saturated carbocycles. The summed E-state index contributed by atoms with van der Waals surface area (Å²) in [5.74, 6) is 0.997. The molecular formula is C35H41ClINO9P2. The number of ketones is 1. The van der Waals surface area contributed by atoms with Crippen LogP contribution < -0.4 is 4.74 Å². The number of fused-ring (bicyclic) bond motifs is 2. The van der Waals surface area contributed by atoms with Crippen LogP contribution in [-0.2, 0) is 38.1 Å². The third kappa shape index (κ3) is 9.36. The minimum Gasteiger partial charge on any atom is -0.484 e. The van der Waals surface area contributed by atoms with Crippen molar-refractivity contribution < 1.29 is 41.1 Å². The molecule has 1 unspecified atom stereocenters. The summed E-state index contributed by atoms with van der Waals surface area (Å²) in [6.07, 6.45) is 3.90. The van der Waals surface area contributed by atoms with Crippen molar-refractivity contribution in [2.24, 2.45) is 0 Å². The molecule has 2 atom stereocenters. The van der Waals surface area contributed by atoms with E-state index in [1.54, 1.807) is 41.5 Å². The van der Waals surface area contributed by atoms with Crippen molar-refractivity contribution in [1.82, 2.24) is 4.57 Å². The van der Waals surface area contributed by atoms with Gasteiger partial charge in [0.05, 0.1) is 27.5 Å². The van der Waals surface area contributed by atoms with E-state index in [4.69, 9.17) is 38.7 Å². The van der Waals surface area contributed by atoms with Crippen LogP contribution in [0.4, 0.5) is 0 Å². The van der Waals surface area contributed by atoms with Gasteiger partial charge in [-0.2, -0.15) is 4.31 Å². The van der Waals surface area contributed by atoms with Gasteiger partial charge in [0, 0.05) is 34.2 Å². The average molecular weight is 844 g/mol. The van der Waals surface area contributed by atoms with Crippen LogP contribution in [0.25, 0.3) is 21.7 Å². The second-order valence-electron chi connectivity index (χ2n) is 14.5. The second kappa shape index (κ2) is 14.0. The molecule has 2 fully saturated rings. The lowest BCUT2D eigenvalue weighted by atomic mass is 10.1. The van der Waals surface area contributed by atoms with Crippen LogP contribution in [0.1, 0.15) is 82.6 Å². The number of ether oxygens (including phenoxy) is 1. The van der Waals surface area contributed by atoms with Gasteiger partial charge in [-0.05, 0) is 136 Å². The summed E-state index contributed by atoms with van der Waals surface area (Å²) in [7, 11) is -8.62. The quantitative estimate of drug-likeness (QED) is 0.0782. The molecule has 1 aliphatic heterocycles. The normalized spacial score (nSPS) is 20.4. The average Bonchev–Trinajstić information content (AvgIpc) is 3.67. The number of benzene rings is 3. The molecule has 0 bridgehead atoms. The summed E-state index contributed by atoms with van der Waals surface area (Å²) < 4.78 is 63.9. The molecular weight excluding hydrogens is 803 g/mol. The maximum absolute atomic E-state index is 13.7. The van der Waals surface area contributed by atoms with Gasteiger partial charge in [-0.15, -0.1) is 0 Å². The largest absolute Gasteiger partial charge is 0.484 e.